The number of rotatable bonds is 12. The molecule has 218 valence electrons. The lowest BCUT2D eigenvalue weighted by molar-refractivity contribution is 0.101. The lowest BCUT2D eigenvalue weighted by Gasteiger charge is -2.20. The van der Waals surface area contributed by atoms with Gasteiger partial charge in [0.15, 0.2) is 0 Å². The third kappa shape index (κ3) is 7.23. The van der Waals surface area contributed by atoms with E-state index in [1.54, 1.807) is 4.68 Å². The molecule has 1 fully saturated rings. The van der Waals surface area contributed by atoms with Crippen LogP contribution in [0, 0.1) is 12.8 Å². The summed E-state index contributed by atoms with van der Waals surface area (Å²) < 4.78 is 7.79. The number of nitrogens with zero attached hydrogens (tertiary/aromatic N) is 2. The topological polar surface area (TPSA) is 56.2 Å². The summed E-state index contributed by atoms with van der Waals surface area (Å²) in [6.07, 6.45) is 5.88. The van der Waals surface area contributed by atoms with Gasteiger partial charge in [0.25, 0.3) is 5.91 Å². The fraction of sp³-hybridized carbons (Fsp3) is 0.263. The van der Waals surface area contributed by atoms with Crippen LogP contribution in [0.5, 0.6) is 5.75 Å². The van der Waals surface area contributed by atoms with Gasteiger partial charge in [-0.05, 0) is 96.8 Å². The predicted octanol–water partition coefficient (Wildman–Crippen LogP) is 8.90. The second-order valence-electron chi connectivity index (χ2n) is 11.6. The van der Waals surface area contributed by atoms with Gasteiger partial charge in [-0.15, -0.1) is 0 Å². The fourth-order valence-corrected chi connectivity index (χ4v) is 5.67. The fourth-order valence-electron chi connectivity index (χ4n) is 5.67. The summed E-state index contributed by atoms with van der Waals surface area (Å²) >= 11 is 0. The number of nitrogens with one attached hydrogen (secondary N) is 1. The van der Waals surface area contributed by atoms with E-state index in [0.717, 1.165) is 47.1 Å². The predicted molar refractivity (Wildman–Crippen MR) is 173 cm³/mol. The Kier molecular flexibility index (Phi) is 8.69. The maximum atomic E-state index is 13.6. The van der Waals surface area contributed by atoms with Crippen LogP contribution in [0.1, 0.15) is 77.0 Å². The van der Waals surface area contributed by atoms with Crippen molar-refractivity contribution in [3.63, 3.8) is 0 Å². The number of hydrogen-bond acceptors (Lipinski definition) is 3. The molecule has 1 amide bonds. The number of ether oxygens (including phenoxy) is 1. The first kappa shape index (κ1) is 28.5. The Bertz CT molecular complexity index is 1670. The van der Waals surface area contributed by atoms with Crippen molar-refractivity contribution in [1.29, 1.82) is 0 Å². The largest absolute Gasteiger partial charge is 0.489 e. The van der Waals surface area contributed by atoms with Crippen molar-refractivity contribution in [3.8, 4) is 11.4 Å². The first-order valence-electron chi connectivity index (χ1n) is 15.4. The number of aryl methyl sites for hydroxylation is 2. The third-order valence-corrected chi connectivity index (χ3v) is 8.27. The first-order chi connectivity index (χ1) is 21.1. The van der Waals surface area contributed by atoms with Crippen molar-refractivity contribution in [2.75, 3.05) is 5.32 Å². The lowest BCUT2D eigenvalue weighted by atomic mass is 9.86. The van der Waals surface area contributed by atoms with Crippen LogP contribution in [0.15, 0.2) is 109 Å². The molecule has 1 heterocycles. The summed E-state index contributed by atoms with van der Waals surface area (Å²) in [7, 11) is 0. The van der Waals surface area contributed by atoms with E-state index >= 15 is 0 Å². The van der Waals surface area contributed by atoms with Crippen LogP contribution >= 0.6 is 0 Å². The van der Waals surface area contributed by atoms with E-state index in [1.165, 1.54) is 36.0 Å². The molecule has 5 aromatic rings. The van der Waals surface area contributed by atoms with E-state index in [1.807, 2.05) is 55.5 Å². The van der Waals surface area contributed by atoms with E-state index in [-0.39, 0.29) is 11.8 Å². The molecule has 1 saturated carbocycles. The van der Waals surface area contributed by atoms with E-state index in [0.29, 0.717) is 12.3 Å². The Balaban J connectivity index is 1.20. The van der Waals surface area contributed by atoms with Gasteiger partial charge in [0, 0.05) is 11.6 Å². The van der Waals surface area contributed by atoms with Gasteiger partial charge in [-0.25, -0.2) is 4.68 Å². The normalized spacial score (nSPS) is 13.4. The number of carbonyl (C=O) groups excluding carboxylic acids is 1. The molecule has 1 aliphatic rings. The number of amides is 1. The SMILES string of the molecule is CCc1cccc(-n2nc(C)cc2C(=O)Nc2cccc(C(CCC3CC3)c3ccc(OCc4ccccc4)cc3)c2)c1. The van der Waals surface area contributed by atoms with Gasteiger partial charge in [-0.2, -0.15) is 5.10 Å². The minimum Gasteiger partial charge on any atom is -0.489 e. The average Bonchev–Trinajstić information content (AvgIpc) is 3.79. The van der Waals surface area contributed by atoms with Crippen LogP contribution < -0.4 is 10.1 Å². The highest BCUT2D eigenvalue weighted by atomic mass is 16.5. The molecule has 0 spiro atoms. The number of carbonyl (C=O) groups is 1. The molecule has 1 aliphatic carbocycles. The van der Waals surface area contributed by atoms with Crippen molar-refractivity contribution in [2.24, 2.45) is 5.92 Å². The van der Waals surface area contributed by atoms with Crippen LogP contribution in [-0.4, -0.2) is 15.7 Å². The average molecular weight is 570 g/mol. The van der Waals surface area contributed by atoms with Crippen molar-refractivity contribution >= 4 is 11.6 Å². The summed E-state index contributed by atoms with van der Waals surface area (Å²) in [6.45, 7) is 4.59. The minimum absolute atomic E-state index is 0.172. The summed E-state index contributed by atoms with van der Waals surface area (Å²) in [5, 5.41) is 7.79. The van der Waals surface area contributed by atoms with Crippen LogP contribution in [0.2, 0.25) is 0 Å². The van der Waals surface area contributed by atoms with E-state index in [4.69, 9.17) is 4.74 Å². The highest BCUT2D eigenvalue weighted by molar-refractivity contribution is 6.03. The zero-order valence-electron chi connectivity index (χ0n) is 25.0. The Morgan fingerprint density at radius 3 is 2.42 bits per heavy atom. The molecular formula is C38H39N3O2. The second-order valence-corrected chi connectivity index (χ2v) is 11.6. The molecule has 0 bridgehead atoms. The van der Waals surface area contributed by atoms with Crippen LogP contribution in [0.4, 0.5) is 5.69 Å². The number of aromatic nitrogens is 2. The highest BCUT2D eigenvalue weighted by Gasteiger charge is 2.24. The number of benzene rings is 4. The van der Waals surface area contributed by atoms with Crippen LogP contribution in [0.3, 0.4) is 0 Å². The van der Waals surface area contributed by atoms with Gasteiger partial charge in [-0.1, -0.05) is 86.5 Å². The smallest absolute Gasteiger partial charge is 0.274 e. The first-order valence-corrected chi connectivity index (χ1v) is 15.4. The van der Waals surface area contributed by atoms with Gasteiger partial charge in [-0.3, -0.25) is 4.79 Å². The zero-order chi connectivity index (χ0) is 29.6. The van der Waals surface area contributed by atoms with Crippen molar-refractivity contribution < 1.29 is 9.53 Å². The molecular weight excluding hydrogens is 530 g/mol. The molecule has 5 heteroatoms. The van der Waals surface area contributed by atoms with Gasteiger partial charge in [0.2, 0.25) is 0 Å². The zero-order valence-corrected chi connectivity index (χ0v) is 25.0. The Morgan fingerprint density at radius 2 is 1.65 bits per heavy atom. The summed E-state index contributed by atoms with van der Waals surface area (Å²) in [6, 6.07) is 37.1. The Hall–Kier alpha value is -4.64. The van der Waals surface area contributed by atoms with Gasteiger partial charge in [0.1, 0.15) is 18.1 Å². The van der Waals surface area contributed by atoms with E-state index < -0.39 is 0 Å². The molecule has 4 aromatic carbocycles. The number of hydrogen-bond donors (Lipinski definition) is 1. The lowest BCUT2D eigenvalue weighted by Crippen LogP contribution is -2.17. The van der Waals surface area contributed by atoms with Gasteiger partial charge in [0.05, 0.1) is 11.4 Å². The van der Waals surface area contributed by atoms with Crippen molar-refractivity contribution in [2.45, 2.75) is 58.5 Å². The van der Waals surface area contributed by atoms with Crippen molar-refractivity contribution in [1.82, 2.24) is 9.78 Å². The molecule has 43 heavy (non-hydrogen) atoms. The Labute approximate surface area is 254 Å². The molecule has 0 aliphatic heterocycles. The maximum Gasteiger partial charge on any atom is 0.274 e. The Morgan fingerprint density at radius 1 is 0.884 bits per heavy atom. The molecule has 1 N–H and O–H groups in total. The van der Waals surface area contributed by atoms with E-state index in [2.05, 4.69) is 78.0 Å². The molecule has 1 atom stereocenters. The van der Waals surface area contributed by atoms with Crippen LogP contribution in [-0.2, 0) is 13.0 Å². The molecule has 0 saturated heterocycles. The summed E-state index contributed by atoms with van der Waals surface area (Å²) in [4.78, 5) is 13.6. The summed E-state index contributed by atoms with van der Waals surface area (Å²) in [5.41, 5.74) is 7.83. The molecule has 5 nitrogen and oxygen atoms in total. The standard InChI is InChI=1S/C38H39N3O2/c1-3-28-11-7-14-34(24-28)41-37(23-27(2)40-41)38(42)39-33-13-8-12-32(25-33)36(22-17-29-15-16-29)31-18-20-35(21-19-31)43-26-30-9-5-4-6-10-30/h4-14,18-21,23-25,29,36H,3,15-17,22,26H2,1-2H3,(H,39,42). The molecule has 6 rings (SSSR count). The quantitative estimate of drug-likeness (QED) is 0.163. The highest BCUT2D eigenvalue weighted by Crippen LogP contribution is 2.39. The second kappa shape index (κ2) is 13.1. The third-order valence-electron chi connectivity index (χ3n) is 8.27. The van der Waals surface area contributed by atoms with Gasteiger partial charge >= 0.3 is 0 Å². The minimum atomic E-state index is -0.172. The molecule has 1 aromatic heterocycles. The molecule has 0 radical (unpaired) electrons. The maximum absolute atomic E-state index is 13.6. The molecule has 1 unspecified atom stereocenters. The van der Waals surface area contributed by atoms with E-state index in [9.17, 15) is 4.79 Å². The van der Waals surface area contributed by atoms with Gasteiger partial charge < -0.3 is 10.1 Å². The summed E-state index contributed by atoms with van der Waals surface area (Å²) in [5.74, 6) is 1.78. The number of anilines is 1. The van der Waals surface area contributed by atoms with Crippen molar-refractivity contribution in [3.05, 3.63) is 143 Å². The monoisotopic (exact) mass is 569 g/mol. The van der Waals surface area contributed by atoms with Crippen LogP contribution in [0.25, 0.3) is 5.69 Å².